The van der Waals surface area contributed by atoms with Crippen LogP contribution < -0.4 is 15.5 Å². The van der Waals surface area contributed by atoms with Crippen molar-refractivity contribution in [1.82, 2.24) is 20.8 Å². The highest BCUT2D eigenvalue weighted by atomic mass is 32.1. The number of hydrogen-bond acceptors (Lipinski definition) is 6. The molecular formula is C17H23N5OS. The molecule has 1 aliphatic heterocycles. The van der Waals surface area contributed by atoms with Crippen molar-refractivity contribution in [3.63, 3.8) is 0 Å². The molecule has 2 aromatic heterocycles. The molecular weight excluding hydrogens is 322 g/mol. The number of nitrogens with zero attached hydrogens (tertiary/aromatic N) is 3. The number of amides is 1. The van der Waals surface area contributed by atoms with Gasteiger partial charge in [0.25, 0.3) is 0 Å². The van der Waals surface area contributed by atoms with Crippen LogP contribution >= 0.6 is 11.3 Å². The molecule has 1 fully saturated rings. The van der Waals surface area contributed by atoms with Crippen LogP contribution in [0.3, 0.4) is 0 Å². The zero-order chi connectivity index (χ0) is 16.8. The summed E-state index contributed by atoms with van der Waals surface area (Å²) >= 11 is 1.72. The smallest absolute Gasteiger partial charge is 0.234 e. The first-order valence-corrected chi connectivity index (χ1v) is 9.10. The highest BCUT2D eigenvalue weighted by Gasteiger charge is 2.21. The Morgan fingerprint density at radius 3 is 3.08 bits per heavy atom. The van der Waals surface area contributed by atoms with Crippen molar-refractivity contribution in [3.05, 3.63) is 40.2 Å². The zero-order valence-electron chi connectivity index (χ0n) is 13.9. The van der Waals surface area contributed by atoms with Gasteiger partial charge in [-0.05, 0) is 44.0 Å². The summed E-state index contributed by atoms with van der Waals surface area (Å²) in [6.45, 7) is 4.87. The number of carbonyl (C=O) groups excluding carboxylic acids is 1. The molecule has 2 aromatic rings. The Hall–Kier alpha value is -1.99. The van der Waals surface area contributed by atoms with E-state index >= 15 is 0 Å². The summed E-state index contributed by atoms with van der Waals surface area (Å²) in [4.78, 5) is 16.7. The standard InChI is InChI=1S/C17H23N5OS/c1-13-6-7-15(24-13)10-19-17(23)11-18-14-4-3-9-22(12-14)16-5-2-8-20-21-16/h2,5-8,14,18H,3-4,9-12H2,1H3,(H,19,23). The van der Waals surface area contributed by atoms with E-state index in [1.807, 2.05) is 12.1 Å². The van der Waals surface area contributed by atoms with Crippen molar-refractivity contribution in [2.24, 2.45) is 0 Å². The third kappa shape index (κ3) is 4.75. The quantitative estimate of drug-likeness (QED) is 0.834. The molecule has 0 aromatic carbocycles. The summed E-state index contributed by atoms with van der Waals surface area (Å²) in [5.41, 5.74) is 0. The van der Waals surface area contributed by atoms with E-state index in [1.54, 1.807) is 17.5 Å². The summed E-state index contributed by atoms with van der Waals surface area (Å²) in [5.74, 6) is 0.944. The summed E-state index contributed by atoms with van der Waals surface area (Å²) in [7, 11) is 0. The van der Waals surface area contributed by atoms with Gasteiger partial charge in [-0.1, -0.05) is 0 Å². The van der Waals surface area contributed by atoms with Crippen LogP contribution in [0.2, 0.25) is 0 Å². The zero-order valence-corrected chi connectivity index (χ0v) is 14.7. The third-order valence-electron chi connectivity index (χ3n) is 4.11. The fourth-order valence-electron chi connectivity index (χ4n) is 2.88. The van der Waals surface area contributed by atoms with E-state index in [9.17, 15) is 4.79 Å². The van der Waals surface area contributed by atoms with E-state index in [2.05, 4.69) is 44.8 Å². The average molecular weight is 345 g/mol. The lowest BCUT2D eigenvalue weighted by atomic mass is 10.1. The predicted molar refractivity (Wildman–Crippen MR) is 96.2 cm³/mol. The molecule has 1 amide bonds. The first-order chi connectivity index (χ1) is 11.7. The lowest BCUT2D eigenvalue weighted by Crippen LogP contribution is -2.48. The van der Waals surface area contributed by atoms with Gasteiger partial charge in [0, 0.05) is 35.1 Å². The SMILES string of the molecule is Cc1ccc(CNC(=O)CNC2CCCN(c3cccnn3)C2)s1. The van der Waals surface area contributed by atoms with Gasteiger partial charge in [0.05, 0.1) is 13.1 Å². The highest BCUT2D eigenvalue weighted by Crippen LogP contribution is 2.16. The van der Waals surface area contributed by atoms with Crippen LogP contribution in [-0.2, 0) is 11.3 Å². The van der Waals surface area contributed by atoms with Crippen molar-refractivity contribution < 1.29 is 4.79 Å². The number of carbonyl (C=O) groups is 1. The number of thiophene rings is 1. The summed E-state index contributed by atoms with van der Waals surface area (Å²) in [5, 5.41) is 14.4. The Morgan fingerprint density at radius 1 is 1.42 bits per heavy atom. The van der Waals surface area contributed by atoms with E-state index in [0.29, 0.717) is 19.1 Å². The molecule has 24 heavy (non-hydrogen) atoms. The summed E-state index contributed by atoms with van der Waals surface area (Å²) < 4.78 is 0. The molecule has 3 heterocycles. The maximum atomic E-state index is 12.0. The molecule has 128 valence electrons. The van der Waals surface area contributed by atoms with Crippen LogP contribution in [0.1, 0.15) is 22.6 Å². The highest BCUT2D eigenvalue weighted by molar-refractivity contribution is 7.11. The number of aromatic nitrogens is 2. The monoisotopic (exact) mass is 345 g/mol. The van der Waals surface area contributed by atoms with Crippen LogP contribution in [0, 0.1) is 6.92 Å². The van der Waals surface area contributed by atoms with E-state index in [4.69, 9.17) is 0 Å². The minimum Gasteiger partial charge on any atom is -0.354 e. The molecule has 6 nitrogen and oxygen atoms in total. The molecule has 0 saturated carbocycles. The minimum atomic E-state index is 0.0395. The molecule has 1 aliphatic rings. The Bertz CT molecular complexity index is 660. The summed E-state index contributed by atoms with van der Waals surface area (Å²) in [6, 6.07) is 8.32. The van der Waals surface area contributed by atoms with Crippen molar-refractivity contribution >= 4 is 23.1 Å². The number of nitrogens with one attached hydrogen (secondary N) is 2. The Labute approximate surface area is 146 Å². The van der Waals surface area contributed by atoms with Gasteiger partial charge in [-0.25, -0.2) is 0 Å². The lowest BCUT2D eigenvalue weighted by Gasteiger charge is -2.33. The fourth-order valence-corrected chi connectivity index (χ4v) is 3.71. The maximum Gasteiger partial charge on any atom is 0.234 e. The van der Waals surface area contributed by atoms with Crippen LogP contribution in [0.15, 0.2) is 30.5 Å². The van der Waals surface area contributed by atoms with Crippen LogP contribution in [0.5, 0.6) is 0 Å². The molecule has 1 saturated heterocycles. The van der Waals surface area contributed by atoms with Crippen molar-refractivity contribution in [3.8, 4) is 0 Å². The van der Waals surface area contributed by atoms with Gasteiger partial charge in [0.15, 0.2) is 5.82 Å². The van der Waals surface area contributed by atoms with Gasteiger partial charge in [-0.15, -0.1) is 16.4 Å². The molecule has 2 N–H and O–H groups in total. The number of aryl methyl sites for hydroxylation is 1. The molecule has 3 rings (SSSR count). The van der Waals surface area contributed by atoms with Gasteiger partial charge in [-0.3, -0.25) is 4.79 Å². The number of piperidine rings is 1. The molecule has 1 atom stereocenters. The van der Waals surface area contributed by atoms with E-state index in [0.717, 1.165) is 31.7 Å². The van der Waals surface area contributed by atoms with Crippen LogP contribution in [-0.4, -0.2) is 41.8 Å². The van der Waals surface area contributed by atoms with Crippen LogP contribution in [0.4, 0.5) is 5.82 Å². The van der Waals surface area contributed by atoms with Gasteiger partial charge in [0.1, 0.15) is 0 Å². The average Bonchev–Trinajstić information content (AvgIpc) is 3.04. The maximum absolute atomic E-state index is 12.0. The third-order valence-corrected chi connectivity index (χ3v) is 5.11. The fraction of sp³-hybridized carbons (Fsp3) is 0.471. The van der Waals surface area contributed by atoms with E-state index in [-0.39, 0.29) is 5.91 Å². The molecule has 0 spiro atoms. The molecule has 0 aliphatic carbocycles. The Morgan fingerprint density at radius 2 is 2.33 bits per heavy atom. The Kier molecular flexibility index (Phi) is 5.77. The second-order valence-corrected chi connectivity index (χ2v) is 7.41. The number of rotatable bonds is 6. The topological polar surface area (TPSA) is 70.2 Å². The van der Waals surface area contributed by atoms with Crippen LogP contribution in [0.25, 0.3) is 0 Å². The molecule has 1 unspecified atom stereocenters. The second kappa shape index (κ2) is 8.21. The predicted octanol–water partition coefficient (Wildman–Crippen LogP) is 1.72. The minimum absolute atomic E-state index is 0.0395. The number of anilines is 1. The number of hydrogen-bond donors (Lipinski definition) is 2. The Balaban J connectivity index is 1.41. The largest absolute Gasteiger partial charge is 0.354 e. The van der Waals surface area contributed by atoms with Gasteiger partial charge in [0.2, 0.25) is 5.91 Å². The van der Waals surface area contributed by atoms with Crippen molar-refractivity contribution in [2.45, 2.75) is 32.4 Å². The molecule has 0 bridgehead atoms. The van der Waals surface area contributed by atoms with E-state index in [1.165, 1.54) is 9.75 Å². The van der Waals surface area contributed by atoms with Gasteiger partial charge >= 0.3 is 0 Å². The van der Waals surface area contributed by atoms with Gasteiger partial charge in [-0.2, -0.15) is 5.10 Å². The molecule has 0 radical (unpaired) electrons. The van der Waals surface area contributed by atoms with Gasteiger partial charge < -0.3 is 15.5 Å². The van der Waals surface area contributed by atoms with Crippen molar-refractivity contribution in [1.29, 1.82) is 0 Å². The first-order valence-electron chi connectivity index (χ1n) is 8.29. The molecule has 7 heteroatoms. The van der Waals surface area contributed by atoms with Crippen molar-refractivity contribution in [2.75, 3.05) is 24.5 Å². The second-order valence-electron chi connectivity index (χ2n) is 6.04. The van der Waals surface area contributed by atoms with E-state index < -0.39 is 0 Å². The lowest BCUT2D eigenvalue weighted by molar-refractivity contribution is -0.120. The first kappa shape index (κ1) is 16.9. The normalized spacial score (nSPS) is 17.7. The summed E-state index contributed by atoms with van der Waals surface area (Å²) in [6.07, 6.45) is 3.85.